The largest absolute Gasteiger partial charge is 0.479 e. The number of nitrogens with two attached hydrogens (primary N) is 1. The Bertz CT molecular complexity index is 1050. The highest BCUT2D eigenvalue weighted by Gasteiger charge is 2.56. The van der Waals surface area contributed by atoms with E-state index in [4.69, 9.17) is 29.4 Å². The van der Waals surface area contributed by atoms with Gasteiger partial charge < -0.3 is 76.0 Å². The van der Waals surface area contributed by atoms with E-state index in [1.54, 1.807) is 0 Å². The van der Waals surface area contributed by atoms with E-state index in [9.17, 15) is 54.6 Å². The molecule has 20 nitrogen and oxygen atoms in total. The molecule has 3 saturated heterocycles. The Labute approximate surface area is 243 Å². The lowest BCUT2D eigenvalue weighted by atomic mass is 9.93. The van der Waals surface area contributed by atoms with Crippen LogP contribution < -0.4 is 21.7 Å². The number of ether oxygens (including phenoxy) is 5. The maximum atomic E-state index is 12.3. The molecule has 20 heteroatoms. The van der Waals surface area contributed by atoms with Gasteiger partial charge in [-0.25, -0.2) is 4.79 Å². The molecular weight excluding hydrogens is 588 g/mol. The van der Waals surface area contributed by atoms with Gasteiger partial charge in [-0.3, -0.25) is 19.2 Å². The zero-order valence-corrected chi connectivity index (χ0v) is 23.1. The normalized spacial score (nSPS) is 43.2. The van der Waals surface area contributed by atoms with E-state index >= 15 is 0 Å². The Hall–Kier alpha value is -3.05. The third-order valence-corrected chi connectivity index (χ3v) is 7.12. The number of hydrogen-bond acceptors (Lipinski definition) is 15. The molecule has 0 aromatic heterocycles. The van der Waals surface area contributed by atoms with E-state index in [0.717, 1.165) is 13.8 Å². The van der Waals surface area contributed by atoms with Crippen molar-refractivity contribution in [1.82, 2.24) is 16.0 Å². The molecule has 3 heterocycles. The Morgan fingerprint density at radius 3 is 1.81 bits per heavy atom. The third-order valence-electron chi connectivity index (χ3n) is 7.12. The van der Waals surface area contributed by atoms with Crippen LogP contribution in [-0.2, 0) is 47.7 Å². The average Bonchev–Trinajstić information content (AvgIpc) is 2.91. The van der Waals surface area contributed by atoms with Gasteiger partial charge >= 0.3 is 5.97 Å². The fourth-order valence-electron chi connectivity index (χ4n) is 5.07. The summed E-state index contributed by atoms with van der Waals surface area (Å²) in [5.74, 6) is -4.41. The van der Waals surface area contributed by atoms with Crippen molar-refractivity contribution in [2.75, 3.05) is 0 Å². The van der Waals surface area contributed by atoms with E-state index in [0.29, 0.717) is 0 Å². The molecule has 3 rings (SSSR count). The van der Waals surface area contributed by atoms with Gasteiger partial charge in [0.25, 0.3) is 0 Å². The second-order valence-electron chi connectivity index (χ2n) is 10.2. The highest BCUT2D eigenvalue weighted by atomic mass is 16.7. The number of carbonyl (C=O) groups excluding carboxylic acids is 4. The molecule has 3 aliphatic heterocycles. The minimum absolute atomic E-state index is 0.107. The number of aliphatic carboxylic acids is 1. The minimum atomic E-state index is -2.14. The van der Waals surface area contributed by atoms with Gasteiger partial charge in [-0.1, -0.05) is 0 Å². The van der Waals surface area contributed by atoms with Gasteiger partial charge in [0.1, 0.15) is 54.7 Å². The zero-order valence-electron chi connectivity index (χ0n) is 23.1. The summed E-state index contributed by atoms with van der Waals surface area (Å²) in [6.07, 6.45) is -21.3. The molecule has 0 radical (unpaired) electrons. The first kappa shape index (κ1) is 34.4. The molecule has 15 atom stereocenters. The molecule has 3 aliphatic rings. The summed E-state index contributed by atoms with van der Waals surface area (Å²) < 4.78 is 27.4. The fraction of sp³-hybridized carbons (Fsp3) is 0.783. The van der Waals surface area contributed by atoms with E-state index in [-0.39, 0.29) is 6.41 Å². The van der Waals surface area contributed by atoms with Crippen LogP contribution in [-0.4, -0.2) is 153 Å². The second kappa shape index (κ2) is 14.2. The summed E-state index contributed by atoms with van der Waals surface area (Å²) in [6.45, 7) is 3.52. The van der Waals surface area contributed by atoms with Crippen molar-refractivity contribution in [3.05, 3.63) is 0 Å². The van der Waals surface area contributed by atoms with Crippen LogP contribution in [0.1, 0.15) is 20.8 Å². The summed E-state index contributed by atoms with van der Waals surface area (Å²) in [5.41, 5.74) is 5.22. The van der Waals surface area contributed by atoms with Crippen molar-refractivity contribution < 1.29 is 78.3 Å². The molecule has 3 fully saturated rings. The number of aliphatic hydroxyl groups excluding tert-OH is 5. The van der Waals surface area contributed by atoms with Gasteiger partial charge in [0.05, 0.1) is 6.10 Å². The van der Waals surface area contributed by atoms with Crippen LogP contribution in [0.4, 0.5) is 0 Å². The molecule has 43 heavy (non-hydrogen) atoms. The fourth-order valence-corrected chi connectivity index (χ4v) is 5.07. The van der Waals surface area contributed by atoms with Gasteiger partial charge in [-0.15, -0.1) is 0 Å². The van der Waals surface area contributed by atoms with Gasteiger partial charge in [0, 0.05) is 13.8 Å². The summed E-state index contributed by atoms with van der Waals surface area (Å²) in [6, 6.07) is -4.68. The molecule has 0 aliphatic carbocycles. The molecule has 0 saturated carbocycles. The molecule has 0 aromatic carbocycles. The maximum Gasteiger partial charge on any atom is 0.335 e. The molecule has 244 valence electrons. The van der Waals surface area contributed by atoms with Crippen LogP contribution in [0.5, 0.6) is 0 Å². The Balaban J connectivity index is 1.94. The molecular formula is C23H36N4O16. The Morgan fingerprint density at radius 2 is 1.28 bits per heavy atom. The maximum absolute atomic E-state index is 12.3. The van der Waals surface area contributed by atoms with Gasteiger partial charge in [-0.2, -0.15) is 0 Å². The number of hydrogen-bond donors (Lipinski definition) is 10. The van der Waals surface area contributed by atoms with Crippen molar-refractivity contribution in [3.8, 4) is 0 Å². The van der Waals surface area contributed by atoms with E-state index in [1.807, 2.05) is 0 Å². The molecule has 0 aromatic rings. The monoisotopic (exact) mass is 624 g/mol. The lowest BCUT2D eigenvalue weighted by Crippen LogP contribution is -2.71. The summed E-state index contributed by atoms with van der Waals surface area (Å²) in [7, 11) is 0. The van der Waals surface area contributed by atoms with Crippen LogP contribution >= 0.6 is 0 Å². The highest BCUT2D eigenvalue weighted by molar-refractivity contribution is 5.80. The first-order valence-electron chi connectivity index (χ1n) is 13.0. The van der Waals surface area contributed by atoms with Crippen LogP contribution in [0, 0.1) is 0 Å². The number of primary amides is 1. The van der Waals surface area contributed by atoms with Crippen molar-refractivity contribution in [1.29, 1.82) is 0 Å². The second-order valence-corrected chi connectivity index (χ2v) is 10.2. The lowest BCUT2D eigenvalue weighted by Gasteiger charge is -2.49. The average molecular weight is 625 g/mol. The van der Waals surface area contributed by atoms with Crippen LogP contribution in [0.2, 0.25) is 0 Å². The van der Waals surface area contributed by atoms with E-state index in [1.165, 1.54) is 6.92 Å². The molecule has 0 unspecified atom stereocenters. The molecule has 4 amide bonds. The Kier molecular flexibility index (Phi) is 11.3. The summed E-state index contributed by atoms with van der Waals surface area (Å²) in [5, 5.41) is 69.8. The van der Waals surface area contributed by atoms with Crippen LogP contribution in [0.25, 0.3) is 0 Å². The summed E-state index contributed by atoms with van der Waals surface area (Å²) >= 11 is 0. The topological polar surface area (TPSA) is 315 Å². The standard InChI is InChI=1S/C23H36N4O16/c1-5-11(31)15(10(21(38)39-5)27-7(3)30)40-22-8(25-4-28)13(33)16(18(43-22)20(36)37)41-23-9(26-6(2)29)12(32)14(34)17(42-23)19(24)35/h4-5,8-18,21-23,31-34,38H,1-3H3,(H2,24,35)(H,25,28)(H,26,29)(H,27,30)(H,36,37)/t5-,8-,9-,10-,11-,12-,13-,14-,15-,16-,17+,18+,21+,22+,23+/m1/s1. The van der Waals surface area contributed by atoms with Crippen molar-refractivity contribution in [2.45, 2.75) is 113 Å². The predicted octanol–water partition coefficient (Wildman–Crippen LogP) is -6.92. The number of carboxylic acid groups (broad SMARTS) is 1. The molecule has 11 N–H and O–H groups in total. The van der Waals surface area contributed by atoms with E-state index in [2.05, 4.69) is 16.0 Å². The lowest BCUT2D eigenvalue weighted by molar-refractivity contribution is -0.339. The van der Waals surface area contributed by atoms with Crippen molar-refractivity contribution in [2.24, 2.45) is 5.73 Å². The Morgan fingerprint density at radius 1 is 0.744 bits per heavy atom. The SMILES string of the molecule is CC(=O)N[C@@H]1[C@@H](O[C@H]2O[C@H](C(=O)O)[C@H](O[C@H]3O[C@H](C(N)=O)[C@H](O)[C@H](O)[C@H]3NC(C)=O)[C@H](O)[C@H]2NC=O)[C@H](O)[C@@H](C)O[C@@H]1O. The molecule has 0 spiro atoms. The van der Waals surface area contributed by atoms with Crippen LogP contribution in [0.3, 0.4) is 0 Å². The van der Waals surface area contributed by atoms with Crippen LogP contribution in [0.15, 0.2) is 0 Å². The number of nitrogens with one attached hydrogen (secondary N) is 3. The predicted molar refractivity (Wildman–Crippen MR) is 133 cm³/mol. The number of carboxylic acids is 1. The first-order valence-corrected chi connectivity index (χ1v) is 13.0. The minimum Gasteiger partial charge on any atom is -0.479 e. The van der Waals surface area contributed by atoms with Gasteiger partial charge in [0.2, 0.25) is 24.1 Å². The van der Waals surface area contributed by atoms with Gasteiger partial charge in [0.15, 0.2) is 31.1 Å². The number of amides is 4. The molecule has 0 bridgehead atoms. The summed E-state index contributed by atoms with van der Waals surface area (Å²) in [4.78, 5) is 59.1. The van der Waals surface area contributed by atoms with Crippen molar-refractivity contribution >= 4 is 30.1 Å². The van der Waals surface area contributed by atoms with Crippen molar-refractivity contribution in [3.63, 3.8) is 0 Å². The van der Waals surface area contributed by atoms with Gasteiger partial charge in [-0.05, 0) is 6.92 Å². The highest BCUT2D eigenvalue weighted by Crippen LogP contribution is 2.32. The zero-order chi connectivity index (χ0) is 32.3. The number of carbonyl (C=O) groups is 5. The van der Waals surface area contributed by atoms with E-state index < -0.39 is 116 Å². The smallest absolute Gasteiger partial charge is 0.335 e. The quantitative estimate of drug-likeness (QED) is 0.101. The number of aliphatic hydroxyl groups is 5. The third kappa shape index (κ3) is 7.55. The first-order chi connectivity index (χ1) is 20.1. The number of rotatable bonds is 10.